The van der Waals surface area contributed by atoms with Gasteiger partial charge in [-0.2, -0.15) is 4.68 Å². The summed E-state index contributed by atoms with van der Waals surface area (Å²) in [5.74, 6) is 2.35. The Kier molecular flexibility index (Phi) is 6.90. The van der Waals surface area contributed by atoms with Gasteiger partial charge in [-0.05, 0) is 58.7 Å². The number of fused-ring (bicyclic) bond motifs is 1. The summed E-state index contributed by atoms with van der Waals surface area (Å²) in [6, 6.07) is 22.8. The molecule has 0 radical (unpaired) electrons. The molecule has 3 aromatic carbocycles. The minimum Gasteiger partial charge on any atom is -0.454 e. The average molecular weight is 509 g/mol. The number of nitrogens with zero attached hydrogens (tertiary/aromatic N) is 6. The number of aromatic nitrogens is 4. The standard InChI is InChI=1S/C30H32N6O2/c1-22-8-6-9-23(2)28(22)36-30(31-32-33-36)29(25-13-14-26-27(20-25)38-21-37-26)35-18-16-34(17-19-35)15-7-12-24-10-4-3-5-11-24/h3-14,20,29H,15-19,21H2,1-2H3/t29-/m0/s1. The number of para-hydroxylation sites is 1. The third-order valence-corrected chi connectivity index (χ3v) is 7.35. The summed E-state index contributed by atoms with van der Waals surface area (Å²) in [5.41, 5.74) is 5.63. The average Bonchev–Trinajstić information content (AvgIpc) is 3.60. The minimum absolute atomic E-state index is 0.125. The first-order valence-corrected chi connectivity index (χ1v) is 13.1. The molecule has 0 aliphatic carbocycles. The highest BCUT2D eigenvalue weighted by Gasteiger charge is 2.32. The Morgan fingerprint density at radius 1 is 0.868 bits per heavy atom. The summed E-state index contributed by atoms with van der Waals surface area (Å²) in [7, 11) is 0. The lowest BCUT2D eigenvalue weighted by Crippen LogP contribution is -2.48. The first kappa shape index (κ1) is 24.3. The molecular formula is C30H32N6O2. The van der Waals surface area contributed by atoms with Crippen LogP contribution in [0.3, 0.4) is 0 Å². The van der Waals surface area contributed by atoms with E-state index in [2.05, 4.69) is 106 Å². The number of aryl methyl sites for hydroxylation is 2. The number of benzene rings is 3. The van der Waals surface area contributed by atoms with Gasteiger partial charge in [-0.25, -0.2) is 0 Å². The number of piperazine rings is 1. The van der Waals surface area contributed by atoms with Crippen LogP contribution in [0, 0.1) is 13.8 Å². The Morgan fingerprint density at radius 2 is 1.63 bits per heavy atom. The number of tetrazole rings is 1. The Morgan fingerprint density at radius 3 is 2.42 bits per heavy atom. The zero-order valence-electron chi connectivity index (χ0n) is 21.8. The van der Waals surface area contributed by atoms with Crippen LogP contribution in [0.15, 0.2) is 72.8 Å². The molecular weight excluding hydrogens is 476 g/mol. The van der Waals surface area contributed by atoms with Crippen molar-refractivity contribution in [3.8, 4) is 17.2 Å². The molecule has 1 atom stereocenters. The predicted octanol–water partition coefficient (Wildman–Crippen LogP) is 4.43. The van der Waals surface area contributed by atoms with E-state index in [0.29, 0.717) is 0 Å². The van der Waals surface area contributed by atoms with Crippen LogP contribution in [0.4, 0.5) is 0 Å². The Hall–Kier alpha value is -4.01. The first-order chi connectivity index (χ1) is 18.7. The van der Waals surface area contributed by atoms with Gasteiger partial charge in [-0.3, -0.25) is 9.80 Å². The van der Waals surface area contributed by atoms with Gasteiger partial charge in [-0.15, -0.1) is 5.10 Å². The van der Waals surface area contributed by atoms with Crippen molar-refractivity contribution in [2.45, 2.75) is 19.9 Å². The van der Waals surface area contributed by atoms with Crippen molar-refractivity contribution in [3.05, 3.63) is 101 Å². The zero-order chi connectivity index (χ0) is 25.9. The van der Waals surface area contributed by atoms with Crippen LogP contribution in [0.1, 0.15) is 34.1 Å². The molecule has 0 saturated carbocycles. The van der Waals surface area contributed by atoms with Crippen LogP contribution < -0.4 is 9.47 Å². The van der Waals surface area contributed by atoms with Gasteiger partial charge in [0, 0.05) is 32.7 Å². The van der Waals surface area contributed by atoms with Gasteiger partial charge in [0.25, 0.3) is 0 Å². The molecule has 0 N–H and O–H groups in total. The van der Waals surface area contributed by atoms with E-state index in [1.54, 1.807) is 0 Å². The molecule has 0 bridgehead atoms. The molecule has 4 aromatic rings. The van der Waals surface area contributed by atoms with Gasteiger partial charge in [0.15, 0.2) is 17.3 Å². The Bertz CT molecular complexity index is 1410. The molecule has 6 rings (SSSR count). The lowest BCUT2D eigenvalue weighted by molar-refractivity contribution is 0.113. The summed E-state index contributed by atoms with van der Waals surface area (Å²) >= 11 is 0. The smallest absolute Gasteiger partial charge is 0.231 e. The topological polar surface area (TPSA) is 68.5 Å². The highest BCUT2D eigenvalue weighted by atomic mass is 16.7. The highest BCUT2D eigenvalue weighted by molar-refractivity contribution is 5.50. The van der Waals surface area contributed by atoms with E-state index in [1.165, 1.54) is 5.56 Å². The van der Waals surface area contributed by atoms with E-state index in [9.17, 15) is 0 Å². The van der Waals surface area contributed by atoms with E-state index in [-0.39, 0.29) is 12.8 Å². The molecule has 8 nitrogen and oxygen atoms in total. The normalized spacial score (nSPS) is 16.8. The minimum atomic E-state index is -0.125. The van der Waals surface area contributed by atoms with Crippen LogP contribution in [0.2, 0.25) is 0 Å². The zero-order valence-corrected chi connectivity index (χ0v) is 21.8. The maximum atomic E-state index is 5.73. The molecule has 0 amide bonds. The molecule has 3 heterocycles. The maximum Gasteiger partial charge on any atom is 0.231 e. The van der Waals surface area contributed by atoms with Gasteiger partial charge in [0.05, 0.1) is 11.7 Å². The van der Waals surface area contributed by atoms with E-state index < -0.39 is 0 Å². The summed E-state index contributed by atoms with van der Waals surface area (Å²) < 4.78 is 13.2. The molecule has 0 spiro atoms. The number of hydrogen-bond donors (Lipinski definition) is 0. The van der Waals surface area contributed by atoms with Gasteiger partial charge < -0.3 is 9.47 Å². The number of rotatable bonds is 7. The fourth-order valence-electron chi connectivity index (χ4n) is 5.38. The lowest BCUT2D eigenvalue weighted by Gasteiger charge is -2.38. The van der Waals surface area contributed by atoms with E-state index in [4.69, 9.17) is 9.47 Å². The van der Waals surface area contributed by atoms with Crippen molar-refractivity contribution in [2.24, 2.45) is 0 Å². The summed E-state index contributed by atoms with van der Waals surface area (Å²) in [4.78, 5) is 4.96. The van der Waals surface area contributed by atoms with E-state index in [0.717, 1.165) is 72.4 Å². The second-order valence-corrected chi connectivity index (χ2v) is 9.85. The second kappa shape index (κ2) is 10.8. The van der Waals surface area contributed by atoms with E-state index >= 15 is 0 Å². The second-order valence-electron chi connectivity index (χ2n) is 9.85. The summed E-state index contributed by atoms with van der Waals surface area (Å²) in [6.45, 7) is 9.11. The monoisotopic (exact) mass is 508 g/mol. The molecule has 38 heavy (non-hydrogen) atoms. The quantitative estimate of drug-likeness (QED) is 0.366. The molecule has 194 valence electrons. The number of hydrogen-bond acceptors (Lipinski definition) is 7. The highest BCUT2D eigenvalue weighted by Crippen LogP contribution is 2.38. The van der Waals surface area contributed by atoms with Crippen molar-refractivity contribution in [2.75, 3.05) is 39.5 Å². The van der Waals surface area contributed by atoms with Crippen LogP contribution in [0.5, 0.6) is 11.5 Å². The third-order valence-electron chi connectivity index (χ3n) is 7.35. The van der Waals surface area contributed by atoms with Crippen molar-refractivity contribution < 1.29 is 9.47 Å². The molecule has 1 aromatic heterocycles. The fourth-order valence-corrected chi connectivity index (χ4v) is 5.38. The van der Waals surface area contributed by atoms with Gasteiger partial charge >= 0.3 is 0 Å². The number of ether oxygens (including phenoxy) is 2. The van der Waals surface area contributed by atoms with Crippen molar-refractivity contribution in [1.82, 2.24) is 30.0 Å². The summed E-state index contributed by atoms with van der Waals surface area (Å²) in [6.07, 6.45) is 4.45. The first-order valence-electron chi connectivity index (χ1n) is 13.1. The van der Waals surface area contributed by atoms with Crippen LogP contribution in [-0.4, -0.2) is 69.5 Å². The molecule has 0 unspecified atom stereocenters. The van der Waals surface area contributed by atoms with Gasteiger partial charge in [0.2, 0.25) is 6.79 Å². The van der Waals surface area contributed by atoms with E-state index in [1.807, 2.05) is 16.8 Å². The van der Waals surface area contributed by atoms with Crippen LogP contribution in [0.25, 0.3) is 11.8 Å². The molecule has 2 aliphatic rings. The van der Waals surface area contributed by atoms with Crippen molar-refractivity contribution in [3.63, 3.8) is 0 Å². The predicted molar refractivity (Wildman–Crippen MR) is 147 cm³/mol. The van der Waals surface area contributed by atoms with Gasteiger partial charge in [-0.1, -0.05) is 66.7 Å². The SMILES string of the molecule is Cc1cccc(C)c1-n1nnnc1[C@H](c1ccc2c(c1)OCO2)N1CCN(CC=Cc2ccccc2)CC1. The fraction of sp³-hybridized carbons (Fsp3) is 0.300. The molecule has 2 aliphatic heterocycles. The Balaban J connectivity index is 1.28. The van der Waals surface area contributed by atoms with Crippen molar-refractivity contribution >= 4 is 6.08 Å². The molecule has 1 saturated heterocycles. The van der Waals surface area contributed by atoms with Crippen LogP contribution >= 0.6 is 0 Å². The third kappa shape index (κ3) is 4.92. The maximum absolute atomic E-state index is 5.73. The molecule has 8 heteroatoms. The largest absolute Gasteiger partial charge is 0.454 e. The molecule has 1 fully saturated rings. The lowest BCUT2D eigenvalue weighted by atomic mass is 10.0. The van der Waals surface area contributed by atoms with Gasteiger partial charge in [0.1, 0.15) is 0 Å². The van der Waals surface area contributed by atoms with Crippen LogP contribution in [-0.2, 0) is 0 Å². The summed E-state index contributed by atoms with van der Waals surface area (Å²) in [5, 5.41) is 13.2. The van der Waals surface area contributed by atoms with Crippen molar-refractivity contribution in [1.29, 1.82) is 0 Å². The Labute approximate surface area is 223 Å².